The van der Waals surface area contributed by atoms with Crippen molar-refractivity contribution >= 4 is 17.7 Å². The van der Waals surface area contributed by atoms with E-state index in [0.717, 1.165) is 0 Å². The summed E-state index contributed by atoms with van der Waals surface area (Å²) in [5.74, 6) is 0.130. The van der Waals surface area contributed by atoms with Gasteiger partial charge in [0, 0.05) is 6.07 Å². The monoisotopic (exact) mass is 292 g/mol. The smallest absolute Gasteiger partial charge is 0.473 e. The molecule has 7 heteroatoms. The van der Waals surface area contributed by atoms with Crippen LogP contribution < -0.4 is 10.1 Å². The average Bonchev–Trinajstić information content (AvgIpc) is 2.49. The molecule has 21 heavy (non-hydrogen) atoms. The molecule has 1 fully saturated rings. The first-order valence-electron chi connectivity index (χ1n) is 6.34. The maximum absolute atomic E-state index is 12.2. The number of nitrogens with one attached hydrogen (secondary N) is 1. The third kappa shape index (κ3) is 3.71. The molecule has 1 amide bonds. The standard InChI is InChI=1S/C14H16N2O5/c1-3-6-19-11-5-4-10(7-15-11)16-12(17)14(2)8-20-13(18)21-9-14/h3-5,7H,1,6,8-9H2,2H3,(H,16,17). The van der Waals surface area contributed by atoms with Crippen LogP contribution in [0.15, 0.2) is 31.0 Å². The summed E-state index contributed by atoms with van der Waals surface area (Å²) >= 11 is 0. The molecule has 1 aliphatic heterocycles. The van der Waals surface area contributed by atoms with Crippen molar-refractivity contribution in [2.75, 3.05) is 25.1 Å². The molecule has 1 aromatic rings. The third-order valence-corrected chi connectivity index (χ3v) is 2.91. The third-order valence-electron chi connectivity index (χ3n) is 2.91. The molecule has 2 rings (SSSR count). The summed E-state index contributed by atoms with van der Waals surface area (Å²) in [4.78, 5) is 27.1. The predicted octanol–water partition coefficient (Wildman–Crippen LogP) is 1.76. The minimum absolute atomic E-state index is 0.0222. The zero-order chi connectivity index (χ0) is 15.3. The minimum Gasteiger partial charge on any atom is -0.473 e. The molecule has 0 radical (unpaired) electrons. The number of carbonyl (C=O) groups excluding carboxylic acids is 2. The minimum atomic E-state index is -0.925. The van der Waals surface area contributed by atoms with E-state index in [2.05, 4.69) is 16.9 Å². The van der Waals surface area contributed by atoms with Crippen LogP contribution in [0.25, 0.3) is 0 Å². The van der Waals surface area contributed by atoms with E-state index >= 15 is 0 Å². The fourth-order valence-corrected chi connectivity index (χ4v) is 1.62. The second-order valence-corrected chi connectivity index (χ2v) is 4.83. The van der Waals surface area contributed by atoms with Crippen molar-refractivity contribution in [3.05, 3.63) is 31.0 Å². The number of amides is 1. The van der Waals surface area contributed by atoms with Crippen molar-refractivity contribution in [1.82, 2.24) is 4.98 Å². The number of hydrogen-bond acceptors (Lipinski definition) is 6. The van der Waals surface area contributed by atoms with Crippen LogP contribution in [-0.4, -0.2) is 36.9 Å². The van der Waals surface area contributed by atoms with Crippen molar-refractivity contribution in [3.8, 4) is 5.88 Å². The van der Waals surface area contributed by atoms with Crippen molar-refractivity contribution in [2.24, 2.45) is 5.41 Å². The molecule has 1 aromatic heterocycles. The molecule has 0 bridgehead atoms. The SMILES string of the molecule is C=CCOc1ccc(NC(=O)C2(C)COC(=O)OC2)cn1. The van der Waals surface area contributed by atoms with E-state index < -0.39 is 11.6 Å². The van der Waals surface area contributed by atoms with E-state index in [-0.39, 0.29) is 19.1 Å². The van der Waals surface area contributed by atoms with Crippen LogP contribution in [0.5, 0.6) is 5.88 Å². The first-order chi connectivity index (χ1) is 10.0. The van der Waals surface area contributed by atoms with E-state index in [9.17, 15) is 9.59 Å². The lowest BCUT2D eigenvalue weighted by molar-refractivity contribution is -0.135. The van der Waals surface area contributed by atoms with Crippen molar-refractivity contribution in [2.45, 2.75) is 6.92 Å². The quantitative estimate of drug-likeness (QED) is 0.657. The molecule has 0 saturated carbocycles. The summed E-state index contributed by atoms with van der Waals surface area (Å²) in [5, 5.41) is 2.70. The first-order valence-corrected chi connectivity index (χ1v) is 6.34. The fourth-order valence-electron chi connectivity index (χ4n) is 1.62. The molecular formula is C14H16N2O5. The summed E-state index contributed by atoms with van der Waals surface area (Å²) in [5.41, 5.74) is -0.407. The number of rotatable bonds is 5. The van der Waals surface area contributed by atoms with Crippen molar-refractivity contribution in [1.29, 1.82) is 0 Å². The molecule has 7 nitrogen and oxygen atoms in total. The summed E-state index contributed by atoms with van der Waals surface area (Å²) < 4.78 is 14.7. The molecular weight excluding hydrogens is 276 g/mol. The lowest BCUT2D eigenvalue weighted by Crippen LogP contribution is -2.46. The molecule has 1 saturated heterocycles. The van der Waals surface area contributed by atoms with E-state index in [1.807, 2.05) is 0 Å². The molecule has 2 heterocycles. The van der Waals surface area contributed by atoms with Crippen molar-refractivity contribution < 1.29 is 23.8 Å². The van der Waals surface area contributed by atoms with Gasteiger partial charge in [-0.25, -0.2) is 9.78 Å². The van der Waals surface area contributed by atoms with E-state index in [1.54, 1.807) is 25.1 Å². The van der Waals surface area contributed by atoms with E-state index in [0.29, 0.717) is 18.2 Å². The molecule has 0 aromatic carbocycles. The Balaban J connectivity index is 1.96. The summed E-state index contributed by atoms with van der Waals surface area (Å²) in [6, 6.07) is 3.31. The second kappa shape index (κ2) is 6.25. The maximum atomic E-state index is 12.2. The van der Waals surface area contributed by atoms with Gasteiger partial charge in [0.25, 0.3) is 0 Å². The Hall–Kier alpha value is -2.57. The number of carbonyl (C=O) groups is 2. The number of aromatic nitrogens is 1. The Kier molecular flexibility index (Phi) is 4.42. The number of nitrogens with zero attached hydrogens (tertiary/aromatic N) is 1. The summed E-state index contributed by atoms with van der Waals surface area (Å²) in [6.07, 6.45) is 2.34. The van der Waals surface area contributed by atoms with Crippen molar-refractivity contribution in [3.63, 3.8) is 0 Å². The van der Waals surface area contributed by atoms with Gasteiger partial charge in [0.2, 0.25) is 11.8 Å². The lowest BCUT2D eigenvalue weighted by Gasteiger charge is -2.30. The van der Waals surface area contributed by atoms with Gasteiger partial charge in [-0.1, -0.05) is 12.7 Å². The van der Waals surface area contributed by atoms with Crippen LogP contribution >= 0.6 is 0 Å². The van der Waals surface area contributed by atoms with Gasteiger partial charge in [0.15, 0.2) is 0 Å². The Morgan fingerprint density at radius 3 is 2.81 bits per heavy atom. The van der Waals surface area contributed by atoms with Gasteiger partial charge in [-0.3, -0.25) is 4.79 Å². The highest BCUT2D eigenvalue weighted by molar-refractivity contribution is 5.95. The van der Waals surface area contributed by atoms with Crippen LogP contribution in [0.1, 0.15) is 6.92 Å². The Labute approximate surface area is 121 Å². The fraction of sp³-hybridized carbons (Fsp3) is 0.357. The number of hydrogen-bond donors (Lipinski definition) is 1. The maximum Gasteiger partial charge on any atom is 0.508 e. The largest absolute Gasteiger partial charge is 0.508 e. The van der Waals surface area contributed by atoms with E-state index in [1.165, 1.54) is 6.20 Å². The number of pyridine rings is 1. The van der Waals surface area contributed by atoms with Gasteiger partial charge in [0.1, 0.15) is 25.2 Å². The first kappa shape index (κ1) is 14.8. The number of ether oxygens (including phenoxy) is 3. The molecule has 0 atom stereocenters. The predicted molar refractivity (Wildman–Crippen MR) is 74.0 cm³/mol. The number of cyclic esters (lactones) is 2. The zero-order valence-corrected chi connectivity index (χ0v) is 11.6. The highest BCUT2D eigenvalue weighted by Crippen LogP contribution is 2.24. The highest BCUT2D eigenvalue weighted by Gasteiger charge is 2.40. The van der Waals surface area contributed by atoms with Crippen LogP contribution in [0.2, 0.25) is 0 Å². The summed E-state index contributed by atoms with van der Waals surface area (Å²) in [6.45, 7) is 5.51. The van der Waals surface area contributed by atoms with Crippen LogP contribution in [0.3, 0.4) is 0 Å². The van der Waals surface area contributed by atoms with Gasteiger partial charge < -0.3 is 19.5 Å². The van der Waals surface area contributed by atoms with E-state index in [4.69, 9.17) is 14.2 Å². The van der Waals surface area contributed by atoms with Crippen LogP contribution in [-0.2, 0) is 14.3 Å². The molecule has 1 N–H and O–H groups in total. The lowest BCUT2D eigenvalue weighted by atomic mass is 9.91. The van der Waals surface area contributed by atoms with Gasteiger partial charge in [-0.05, 0) is 13.0 Å². The zero-order valence-electron chi connectivity index (χ0n) is 11.6. The molecule has 0 unspecified atom stereocenters. The Bertz CT molecular complexity index is 531. The Morgan fingerprint density at radius 1 is 1.52 bits per heavy atom. The molecule has 0 aliphatic carbocycles. The Morgan fingerprint density at radius 2 is 2.24 bits per heavy atom. The highest BCUT2D eigenvalue weighted by atomic mass is 16.7. The average molecular weight is 292 g/mol. The normalized spacial score (nSPS) is 16.3. The molecule has 112 valence electrons. The van der Waals surface area contributed by atoms with Gasteiger partial charge in [0.05, 0.1) is 11.9 Å². The molecule has 1 aliphatic rings. The van der Waals surface area contributed by atoms with Crippen LogP contribution in [0.4, 0.5) is 10.5 Å². The summed E-state index contributed by atoms with van der Waals surface area (Å²) in [7, 11) is 0. The van der Waals surface area contributed by atoms with Gasteiger partial charge in [-0.15, -0.1) is 0 Å². The van der Waals surface area contributed by atoms with Crippen LogP contribution in [0, 0.1) is 5.41 Å². The number of anilines is 1. The topological polar surface area (TPSA) is 86.8 Å². The second-order valence-electron chi connectivity index (χ2n) is 4.83. The van der Waals surface area contributed by atoms with Gasteiger partial charge >= 0.3 is 6.16 Å². The van der Waals surface area contributed by atoms with Gasteiger partial charge in [-0.2, -0.15) is 0 Å². The molecule has 0 spiro atoms.